The number of aromatic nitrogens is 1. The molecular weight excluding hydrogens is 376 g/mol. The van der Waals surface area contributed by atoms with E-state index in [1.54, 1.807) is 23.4 Å². The van der Waals surface area contributed by atoms with Crippen LogP contribution >= 0.6 is 0 Å². The van der Waals surface area contributed by atoms with E-state index in [4.69, 9.17) is 4.74 Å². The third-order valence-corrected chi connectivity index (χ3v) is 5.78. The summed E-state index contributed by atoms with van der Waals surface area (Å²) < 4.78 is 5.52. The molecule has 1 saturated heterocycles. The number of hydrogen-bond donors (Lipinski definition) is 0. The Hall–Kier alpha value is -2.69. The number of carbonyl (C=O) groups excluding carboxylic acids is 2. The second-order valence-electron chi connectivity index (χ2n) is 9.55. The molecule has 0 spiro atoms. The molecule has 1 atom stereocenters. The first-order valence-electron chi connectivity index (χ1n) is 10.6. The maximum absolute atomic E-state index is 13.4. The van der Waals surface area contributed by atoms with Crippen LogP contribution in [-0.2, 0) is 4.74 Å². The highest BCUT2D eigenvalue weighted by molar-refractivity contribution is 6.00. The number of piperidine rings is 1. The Morgan fingerprint density at radius 3 is 2.33 bits per heavy atom. The van der Waals surface area contributed by atoms with Gasteiger partial charge in [-0.05, 0) is 63.1 Å². The van der Waals surface area contributed by atoms with Gasteiger partial charge >= 0.3 is 6.09 Å². The number of ether oxygens (including phenoxy) is 1. The second kappa shape index (κ2) is 8.99. The van der Waals surface area contributed by atoms with E-state index in [9.17, 15) is 9.59 Å². The minimum atomic E-state index is -0.494. The fraction of sp³-hybridized carbons (Fsp3) is 0.480. The number of rotatable bonds is 5. The molecule has 1 amide bonds. The van der Waals surface area contributed by atoms with E-state index in [0.717, 1.165) is 24.8 Å². The molecule has 3 rings (SSSR count). The number of Topliss-reactive ketones (excluding diaryl/α,β-unsaturated/α-hetero) is 1. The van der Waals surface area contributed by atoms with Crippen LogP contribution in [0.3, 0.4) is 0 Å². The fourth-order valence-corrected chi connectivity index (χ4v) is 4.01. The van der Waals surface area contributed by atoms with Gasteiger partial charge in [0, 0.05) is 37.0 Å². The lowest BCUT2D eigenvalue weighted by Crippen LogP contribution is -2.45. The Kier molecular flexibility index (Phi) is 6.59. The highest BCUT2D eigenvalue weighted by Gasteiger charge is 2.37. The first kappa shape index (κ1) is 22.0. The van der Waals surface area contributed by atoms with Gasteiger partial charge in [-0.3, -0.25) is 9.78 Å². The maximum atomic E-state index is 13.4. The SMILES string of the molecule is CC1(CC(C(=O)c2cccnc2)c2ccccc2)CCN(C(=O)OC(C)(C)C)CC1. The highest BCUT2D eigenvalue weighted by Crippen LogP contribution is 2.41. The lowest BCUT2D eigenvalue weighted by molar-refractivity contribution is 0.0102. The average Bonchev–Trinajstić information content (AvgIpc) is 2.72. The topological polar surface area (TPSA) is 59.5 Å². The van der Waals surface area contributed by atoms with Crippen molar-refractivity contribution in [3.05, 3.63) is 66.0 Å². The van der Waals surface area contributed by atoms with Crippen LogP contribution in [0.15, 0.2) is 54.9 Å². The molecule has 0 saturated carbocycles. The van der Waals surface area contributed by atoms with Crippen molar-refractivity contribution in [2.24, 2.45) is 5.41 Å². The predicted molar refractivity (Wildman–Crippen MR) is 118 cm³/mol. The molecule has 5 heteroatoms. The molecular formula is C25H32N2O3. The molecule has 2 aromatic rings. The molecule has 30 heavy (non-hydrogen) atoms. The second-order valence-corrected chi connectivity index (χ2v) is 9.55. The number of carbonyl (C=O) groups is 2. The molecule has 0 bridgehead atoms. The standard InChI is InChI=1S/C25H32N2O3/c1-24(2,3)30-23(29)27-15-12-25(4,13-16-27)17-21(19-9-6-5-7-10-19)22(28)20-11-8-14-26-18-20/h5-11,14,18,21H,12-13,15-17H2,1-4H3. The van der Waals surface area contributed by atoms with E-state index < -0.39 is 5.60 Å². The van der Waals surface area contributed by atoms with Crippen LogP contribution in [0.5, 0.6) is 0 Å². The monoisotopic (exact) mass is 408 g/mol. The van der Waals surface area contributed by atoms with Gasteiger partial charge in [-0.15, -0.1) is 0 Å². The number of benzene rings is 1. The van der Waals surface area contributed by atoms with Crippen molar-refractivity contribution >= 4 is 11.9 Å². The first-order chi connectivity index (χ1) is 14.2. The van der Waals surface area contributed by atoms with Gasteiger partial charge in [0.15, 0.2) is 5.78 Å². The highest BCUT2D eigenvalue weighted by atomic mass is 16.6. The van der Waals surface area contributed by atoms with Gasteiger partial charge in [0.2, 0.25) is 0 Å². The largest absolute Gasteiger partial charge is 0.444 e. The van der Waals surface area contributed by atoms with Crippen molar-refractivity contribution < 1.29 is 14.3 Å². The van der Waals surface area contributed by atoms with E-state index in [1.165, 1.54) is 0 Å². The van der Waals surface area contributed by atoms with Crippen LogP contribution in [0.25, 0.3) is 0 Å². The van der Waals surface area contributed by atoms with Crippen molar-refractivity contribution in [1.29, 1.82) is 0 Å². The summed E-state index contributed by atoms with van der Waals surface area (Å²) in [5.74, 6) is -0.126. The zero-order valence-corrected chi connectivity index (χ0v) is 18.4. The minimum absolute atomic E-state index is 0.0309. The summed E-state index contributed by atoms with van der Waals surface area (Å²) in [6, 6.07) is 13.6. The van der Waals surface area contributed by atoms with Crippen LogP contribution in [0.2, 0.25) is 0 Å². The molecule has 1 aliphatic heterocycles. The number of likely N-dealkylation sites (tertiary alicyclic amines) is 1. The van der Waals surface area contributed by atoms with Gasteiger partial charge in [-0.2, -0.15) is 0 Å². The van der Waals surface area contributed by atoms with Gasteiger partial charge in [-0.25, -0.2) is 4.79 Å². The summed E-state index contributed by atoms with van der Waals surface area (Å²) in [7, 11) is 0. The first-order valence-corrected chi connectivity index (χ1v) is 10.6. The summed E-state index contributed by atoms with van der Waals surface area (Å²) in [6.07, 6.45) is 5.50. The van der Waals surface area contributed by atoms with Gasteiger partial charge < -0.3 is 9.64 Å². The molecule has 1 aliphatic rings. The zero-order valence-electron chi connectivity index (χ0n) is 18.4. The molecule has 5 nitrogen and oxygen atoms in total. The van der Waals surface area contributed by atoms with Gasteiger partial charge in [-0.1, -0.05) is 37.3 Å². The Labute approximate surface area is 179 Å². The lowest BCUT2D eigenvalue weighted by atomic mass is 9.71. The summed E-state index contributed by atoms with van der Waals surface area (Å²) in [5.41, 5.74) is 1.15. The van der Waals surface area contributed by atoms with Gasteiger partial charge in [0.05, 0.1) is 0 Å². The lowest BCUT2D eigenvalue weighted by Gasteiger charge is -2.41. The number of pyridine rings is 1. The summed E-state index contributed by atoms with van der Waals surface area (Å²) in [6.45, 7) is 9.17. The number of amides is 1. The molecule has 160 valence electrons. The molecule has 1 unspecified atom stereocenters. The third-order valence-electron chi connectivity index (χ3n) is 5.78. The molecule has 1 aromatic carbocycles. The minimum Gasteiger partial charge on any atom is -0.444 e. The molecule has 2 heterocycles. The van der Waals surface area contributed by atoms with E-state index in [-0.39, 0.29) is 23.2 Å². The molecule has 1 aromatic heterocycles. The quantitative estimate of drug-likeness (QED) is 0.615. The Balaban J connectivity index is 1.74. The van der Waals surface area contributed by atoms with Crippen molar-refractivity contribution in [2.45, 2.75) is 58.5 Å². The molecule has 0 radical (unpaired) electrons. The Morgan fingerprint density at radius 2 is 1.77 bits per heavy atom. The van der Waals surface area contributed by atoms with Crippen molar-refractivity contribution in [1.82, 2.24) is 9.88 Å². The fourth-order valence-electron chi connectivity index (χ4n) is 4.01. The summed E-state index contributed by atoms with van der Waals surface area (Å²) in [5, 5.41) is 0. The predicted octanol–water partition coefficient (Wildman–Crippen LogP) is 5.48. The van der Waals surface area contributed by atoms with Crippen LogP contribution in [-0.4, -0.2) is 40.5 Å². The normalized spacial score (nSPS) is 17.3. The van der Waals surface area contributed by atoms with Crippen molar-refractivity contribution in [3.63, 3.8) is 0 Å². The summed E-state index contributed by atoms with van der Waals surface area (Å²) in [4.78, 5) is 31.7. The molecule has 0 N–H and O–H groups in total. The Morgan fingerprint density at radius 1 is 1.10 bits per heavy atom. The summed E-state index contributed by atoms with van der Waals surface area (Å²) >= 11 is 0. The van der Waals surface area contributed by atoms with E-state index in [0.29, 0.717) is 18.7 Å². The van der Waals surface area contributed by atoms with Crippen LogP contribution in [0.1, 0.15) is 68.8 Å². The maximum Gasteiger partial charge on any atom is 0.410 e. The van der Waals surface area contributed by atoms with E-state index in [2.05, 4.69) is 11.9 Å². The van der Waals surface area contributed by atoms with E-state index in [1.807, 2.05) is 57.2 Å². The zero-order chi connectivity index (χ0) is 21.8. The van der Waals surface area contributed by atoms with E-state index >= 15 is 0 Å². The van der Waals surface area contributed by atoms with Gasteiger partial charge in [0.1, 0.15) is 5.60 Å². The molecule has 1 fully saturated rings. The Bertz CT molecular complexity index is 851. The smallest absolute Gasteiger partial charge is 0.410 e. The van der Waals surface area contributed by atoms with Crippen molar-refractivity contribution in [2.75, 3.05) is 13.1 Å². The van der Waals surface area contributed by atoms with Crippen molar-refractivity contribution in [3.8, 4) is 0 Å². The van der Waals surface area contributed by atoms with Gasteiger partial charge in [0.25, 0.3) is 0 Å². The number of nitrogens with zero attached hydrogens (tertiary/aromatic N) is 2. The number of hydrogen-bond acceptors (Lipinski definition) is 4. The average molecular weight is 409 g/mol. The van der Waals surface area contributed by atoms with Crippen LogP contribution in [0.4, 0.5) is 4.79 Å². The van der Waals surface area contributed by atoms with Crippen LogP contribution in [0, 0.1) is 5.41 Å². The van der Waals surface area contributed by atoms with Crippen LogP contribution < -0.4 is 0 Å². The number of ketones is 1. The third kappa shape index (κ3) is 5.68. The molecule has 0 aliphatic carbocycles.